The molecule has 2 rings (SSSR count). The van der Waals surface area contributed by atoms with Gasteiger partial charge in [0.15, 0.2) is 0 Å². The van der Waals surface area contributed by atoms with E-state index in [9.17, 15) is 0 Å². The molecule has 0 saturated carbocycles. The van der Waals surface area contributed by atoms with Crippen molar-refractivity contribution < 1.29 is 0 Å². The maximum absolute atomic E-state index is 4.50. The molecule has 0 bridgehead atoms. The summed E-state index contributed by atoms with van der Waals surface area (Å²) in [7, 11) is 2.06. The van der Waals surface area contributed by atoms with Gasteiger partial charge in [-0.2, -0.15) is 5.10 Å². The Bertz CT molecular complexity index is 322. The first kappa shape index (κ1) is 9.71. The third-order valence-electron chi connectivity index (χ3n) is 3.14. The molecule has 1 aliphatic rings. The Morgan fingerprint density at radius 2 is 2.36 bits per heavy atom. The van der Waals surface area contributed by atoms with E-state index in [1.54, 1.807) is 0 Å². The summed E-state index contributed by atoms with van der Waals surface area (Å²) in [6, 6.07) is 0.538. The van der Waals surface area contributed by atoms with Gasteiger partial charge in [0.05, 0.1) is 11.4 Å². The number of nitrogens with zero attached hydrogens (tertiary/aromatic N) is 2. The molecule has 0 spiro atoms. The van der Waals surface area contributed by atoms with Crippen LogP contribution in [0.5, 0.6) is 0 Å². The quantitative estimate of drug-likeness (QED) is 0.775. The predicted molar refractivity (Wildman–Crippen MR) is 57.3 cm³/mol. The minimum absolute atomic E-state index is 0.538. The molecule has 2 heterocycles. The molecule has 3 nitrogen and oxygen atoms in total. The summed E-state index contributed by atoms with van der Waals surface area (Å²) in [5.74, 6) is 0. The Morgan fingerprint density at radius 1 is 1.57 bits per heavy atom. The lowest BCUT2D eigenvalue weighted by atomic mass is 10.0. The third kappa shape index (κ3) is 1.46. The van der Waals surface area contributed by atoms with Gasteiger partial charge in [0.1, 0.15) is 0 Å². The lowest BCUT2D eigenvalue weighted by molar-refractivity contribution is 0.569. The summed E-state index contributed by atoms with van der Waals surface area (Å²) in [6.45, 7) is 5.47. The van der Waals surface area contributed by atoms with E-state index in [1.165, 1.54) is 29.8 Å². The topological polar surface area (TPSA) is 29.9 Å². The number of rotatable bonds is 2. The molecule has 0 aliphatic carbocycles. The highest BCUT2D eigenvalue weighted by molar-refractivity contribution is 5.28. The second-order valence-corrected chi connectivity index (χ2v) is 4.08. The normalized spacial score (nSPS) is 21.8. The maximum atomic E-state index is 4.50. The van der Waals surface area contributed by atoms with Crippen molar-refractivity contribution in [3.05, 3.63) is 17.0 Å². The molecule has 1 aromatic heterocycles. The number of aromatic nitrogens is 2. The fourth-order valence-corrected chi connectivity index (χ4v) is 2.51. The monoisotopic (exact) mass is 193 g/mol. The van der Waals surface area contributed by atoms with Crippen molar-refractivity contribution in [1.82, 2.24) is 15.1 Å². The second-order valence-electron chi connectivity index (χ2n) is 4.08. The Hall–Kier alpha value is -0.830. The van der Waals surface area contributed by atoms with Crippen molar-refractivity contribution in [2.45, 2.75) is 39.2 Å². The van der Waals surface area contributed by atoms with Crippen molar-refractivity contribution in [1.29, 1.82) is 0 Å². The minimum Gasteiger partial charge on any atom is -0.309 e. The number of hydrogen-bond donors (Lipinski definition) is 1. The fourth-order valence-electron chi connectivity index (χ4n) is 2.51. The molecule has 1 aromatic rings. The average molecular weight is 193 g/mol. The molecular weight excluding hydrogens is 174 g/mol. The van der Waals surface area contributed by atoms with Gasteiger partial charge in [-0.05, 0) is 38.3 Å². The van der Waals surface area contributed by atoms with Crippen LogP contribution in [0.1, 0.15) is 42.8 Å². The van der Waals surface area contributed by atoms with Gasteiger partial charge in [-0.15, -0.1) is 0 Å². The first-order valence-corrected chi connectivity index (χ1v) is 5.49. The first-order chi connectivity index (χ1) is 6.74. The van der Waals surface area contributed by atoms with E-state index >= 15 is 0 Å². The molecule has 0 aromatic carbocycles. The van der Waals surface area contributed by atoms with E-state index in [4.69, 9.17) is 0 Å². The molecule has 78 valence electrons. The van der Waals surface area contributed by atoms with Gasteiger partial charge in [0.25, 0.3) is 0 Å². The van der Waals surface area contributed by atoms with E-state index in [0.717, 1.165) is 13.0 Å². The van der Waals surface area contributed by atoms with Crippen molar-refractivity contribution >= 4 is 0 Å². The van der Waals surface area contributed by atoms with Crippen LogP contribution in [0.25, 0.3) is 0 Å². The van der Waals surface area contributed by atoms with Crippen LogP contribution in [-0.4, -0.2) is 16.3 Å². The summed E-state index contributed by atoms with van der Waals surface area (Å²) in [5, 5.41) is 8.04. The standard InChI is InChI=1S/C11H19N3/c1-4-9-8(2)13-14(3)11(9)10-6-5-7-12-10/h10,12H,4-7H2,1-3H3. The lowest BCUT2D eigenvalue weighted by Gasteiger charge is -2.12. The molecule has 1 aliphatic heterocycles. The Balaban J connectivity index is 2.38. The molecule has 3 heteroatoms. The van der Waals surface area contributed by atoms with E-state index in [0.29, 0.717) is 6.04 Å². The molecule has 0 radical (unpaired) electrons. The Kier molecular flexibility index (Phi) is 2.59. The van der Waals surface area contributed by atoms with E-state index < -0.39 is 0 Å². The largest absolute Gasteiger partial charge is 0.309 e. The van der Waals surface area contributed by atoms with Crippen LogP contribution in [0.15, 0.2) is 0 Å². The molecule has 0 amide bonds. The molecule has 1 fully saturated rings. The molecule has 1 atom stereocenters. The van der Waals surface area contributed by atoms with Crippen molar-refractivity contribution in [3.8, 4) is 0 Å². The second kappa shape index (κ2) is 3.73. The Morgan fingerprint density at radius 3 is 2.93 bits per heavy atom. The highest BCUT2D eigenvalue weighted by atomic mass is 15.3. The zero-order valence-corrected chi connectivity index (χ0v) is 9.30. The minimum atomic E-state index is 0.538. The zero-order valence-electron chi connectivity index (χ0n) is 9.30. The van der Waals surface area contributed by atoms with Gasteiger partial charge in [0.2, 0.25) is 0 Å². The van der Waals surface area contributed by atoms with Gasteiger partial charge in [0, 0.05) is 13.1 Å². The third-order valence-corrected chi connectivity index (χ3v) is 3.14. The molecule has 1 unspecified atom stereocenters. The summed E-state index contributed by atoms with van der Waals surface area (Å²) in [5.41, 5.74) is 4.04. The van der Waals surface area contributed by atoms with Crippen LogP contribution >= 0.6 is 0 Å². The van der Waals surface area contributed by atoms with Gasteiger partial charge >= 0.3 is 0 Å². The van der Waals surface area contributed by atoms with Crippen LogP contribution in [0, 0.1) is 6.92 Å². The van der Waals surface area contributed by atoms with Crippen molar-refractivity contribution in [2.75, 3.05) is 6.54 Å². The first-order valence-electron chi connectivity index (χ1n) is 5.49. The SMILES string of the molecule is CCc1c(C)nn(C)c1C1CCCN1. The highest BCUT2D eigenvalue weighted by Gasteiger charge is 2.23. The van der Waals surface area contributed by atoms with Crippen molar-refractivity contribution in [2.24, 2.45) is 7.05 Å². The predicted octanol–water partition coefficient (Wildman–Crippen LogP) is 1.72. The van der Waals surface area contributed by atoms with Crippen LogP contribution in [-0.2, 0) is 13.5 Å². The summed E-state index contributed by atoms with van der Waals surface area (Å²) in [4.78, 5) is 0. The van der Waals surface area contributed by atoms with E-state index in [-0.39, 0.29) is 0 Å². The number of aryl methyl sites for hydroxylation is 2. The van der Waals surface area contributed by atoms with Crippen LogP contribution in [0.3, 0.4) is 0 Å². The average Bonchev–Trinajstić information content (AvgIpc) is 2.72. The molecule has 1 N–H and O–H groups in total. The Labute approximate surface area is 85.5 Å². The zero-order chi connectivity index (χ0) is 10.1. The summed E-state index contributed by atoms with van der Waals surface area (Å²) >= 11 is 0. The van der Waals surface area contributed by atoms with Crippen LogP contribution in [0.2, 0.25) is 0 Å². The van der Waals surface area contributed by atoms with Crippen molar-refractivity contribution in [3.63, 3.8) is 0 Å². The number of nitrogens with one attached hydrogen (secondary N) is 1. The molecule has 1 saturated heterocycles. The maximum Gasteiger partial charge on any atom is 0.0628 e. The van der Waals surface area contributed by atoms with Gasteiger partial charge in [-0.25, -0.2) is 0 Å². The number of hydrogen-bond acceptors (Lipinski definition) is 2. The van der Waals surface area contributed by atoms with E-state index in [1.807, 2.05) is 0 Å². The lowest BCUT2D eigenvalue weighted by Crippen LogP contribution is -2.17. The van der Waals surface area contributed by atoms with Crippen LogP contribution < -0.4 is 5.32 Å². The van der Waals surface area contributed by atoms with Gasteiger partial charge in [-0.3, -0.25) is 4.68 Å². The smallest absolute Gasteiger partial charge is 0.0628 e. The highest BCUT2D eigenvalue weighted by Crippen LogP contribution is 2.27. The molecular formula is C11H19N3. The fraction of sp³-hybridized carbons (Fsp3) is 0.727. The van der Waals surface area contributed by atoms with Crippen LogP contribution in [0.4, 0.5) is 0 Å². The van der Waals surface area contributed by atoms with Gasteiger partial charge < -0.3 is 5.32 Å². The summed E-state index contributed by atoms with van der Waals surface area (Å²) in [6.07, 6.45) is 3.64. The van der Waals surface area contributed by atoms with Gasteiger partial charge in [-0.1, -0.05) is 6.92 Å². The summed E-state index contributed by atoms with van der Waals surface area (Å²) < 4.78 is 2.05. The van der Waals surface area contributed by atoms with E-state index in [2.05, 4.69) is 36.0 Å². The molecule has 14 heavy (non-hydrogen) atoms.